The molecule has 1 aliphatic carbocycles. The summed E-state index contributed by atoms with van der Waals surface area (Å²) in [5.41, 5.74) is 6.52. The maximum atomic E-state index is 12.7. The molecule has 4 rings (SSSR count). The second-order valence-corrected chi connectivity index (χ2v) is 6.31. The zero-order chi connectivity index (χ0) is 16.1. The van der Waals surface area contributed by atoms with E-state index < -0.39 is 18.0 Å². The van der Waals surface area contributed by atoms with Gasteiger partial charge in [0.1, 0.15) is 12.1 Å². The molecule has 2 heterocycles. The van der Waals surface area contributed by atoms with E-state index in [1.165, 1.54) is 9.80 Å². The SMILES string of the molecule is NC(=O)C1CNCC2C(=O)N(C3CC3c3ccccc3)C(=O)N12. The van der Waals surface area contributed by atoms with Gasteiger partial charge >= 0.3 is 6.03 Å². The number of piperazine rings is 1. The highest BCUT2D eigenvalue weighted by molar-refractivity contribution is 6.07. The van der Waals surface area contributed by atoms with Crippen LogP contribution in [0.15, 0.2) is 30.3 Å². The van der Waals surface area contributed by atoms with Crippen LogP contribution in [0.3, 0.4) is 0 Å². The molecule has 4 atom stereocenters. The maximum Gasteiger partial charge on any atom is 0.328 e. The van der Waals surface area contributed by atoms with E-state index in [9.17, 15) is 14.4 Å². The number of rotatable bonds is 3. The lowest BCUT2D eigenvalue weighted by atomic mass is 10.1. The van der Waals surface area contributed by atoms with E-state index in [1.807, 2.05) is 30.3 Å². The van der Waals surface area contributed by atoms with Crippen molar-refractivity contribution < 1.29 is 14.4 Å². The number of nitrogens with zero attached hydrogens (tertiary/aromatic N) is 2. The van der Waals surface area contributed by atoms with Crippen LogP contribution in [0.2, 0.25) is 0 Å². The standard InChI is InChI=1S/C16H18N4O3/c17-14(21)12-7-18-8-13-15(22)20(16(23)19(12)13)11-6-10(11)9-4-2-1-3-5-9/h1-5,10-13,18H,6-8H2,(H2,17,21). The number of nitrogens with one attached hydrogen (secondary N) is 1. The van der Waals surface area contributed by atoms with Gasteiger partial charge in [-0.2, -0.15) is 0 Å². The van der Waals surface area contributed by atoms with Crippen molar-refractivity contribution in [3.8, 4) is 0 Å². The van der Waals surface area contributed by atoms with E-state index in [-0.39, 0.29) is 23.9 Å². The van der Waals surface area contributed by atoms with E-state index in [0.717, 1.165) is 12.0 Å². The monoisotopic (exact) mass is 314 g/mol. The fourth-order valence-corrected chi connectivity index (χ4v) is 3.69. The van der Waals surface area contributed by atoms with Crippen LogP contribution in [0, 0.1) is 0 Å². The zero-order valence-electron chi connectivity index (χ0n) is 12.5. The van der Waals surface area contributed by atoms with Gasteiger partial charge in [0.25, 0.3) is 5.91 Å². The van der Waals surface area contributed by atoms with Crippen LogP contribution in [-0.2, 0) is 9.59 Å². The molecule has 120 valence electrons. The van der Waals surface area contributed by atoms with E-state index in [2.05, 4.69) is 5.32 Å². The summed E-state index contributed by atoms with van der Waals surface area (Å²) >= 11 is 0. The molecule has 2 saturated heterocycles. The lowest BCUT2D eigenvalue weighted by Gasteiger charge is -2.33. The first-order valence-corrected chi connectivity index (χ1v) is 7.80. The van der Waals surface area contributed by atoms with Gasteiger partial charge in [0.15, 0.2) is 0 Å². The van der Waals surface area contributed by atoms with Crippen LogP contribution >= 0.6 is 0 Å². The fraction of sp³-hybridized carbons (Fsp3) is 0.438. The normalized spacial score (nSPS) is 32.9. The van der Waals surface area contributed by atoms with Crippen molar-refractivity contribution in [1.29, 1.82) is 0 Å². The van der Waals surface area contributed by atoms with Crippen molar-refractivity contribution in [1.82, 2.24) is 15.1 Å². The van der Waals surface area contributed by atoms with Crippen LogP contribution in [0.25, 0.3) is 0 Å². The van der Waals surface area contributed by atoms with Gasteiger partial charge in [-0.05, 0) is 12.0 Å². The first-order valence-electron chi connectivity index (χ1n) is 7.80. The summed E-state index contributed by atoms with van der Waals surface area (Å²) < 4.78 is 0. The van der Waals surface area contributed by atoms with E-state index in [0.29, 0.717) is 13.1 Å². The minimum atomic E-state index is -0.760. The minimum Gasteiger partial charge on any atom is -0.368 e. The van der Waals surface area contributed by atoms with Crippen LogP contribution in [0.4, 0.5) is 4.79 Å². The summed E-state index contributed by atoms with van der Waals surface area (Å²) in [7, 11) is 0. The molecule has 1 aromatic rings. The number of primary amides is 1. The fourth-order valence-electron chi connectivity index (χ4n) is 3.69. The number of carbonyl (C=O) groups excluding carboxylic acids is 3. The smallest absolute Gasteiger partial charge is 0.328 e. The highest BCUT2D eigenvalue weighted by Crippen LogP contribution is 2.46. The zero-order valence-corrected chi connectivity index (χ0v) is 12.5. The summed E-state index contributed by atoms with van der Waals surface area (Å²) in [5, 5.41) is 3.02. The molecule has 23 heavy (non-hydrogen) atoms. The second kappa shape index (κ2) is 5.06. The molecular formula is C16H18N4O3. The number of benzene rings is 1. The van der Waals surface area contributed by atoms with E-state index >= 15 is 0 Å². The molecule has 7 heteroatoms. The lowest BCUT2D eigenvalue weighted by Crippen LogP contribution is -2.61. The van der Waals surface area contributed by atoms with Gasteiger partial charge in [-0.25, -0.2) is 4.79 Å². The molecule has 3 fully saturated rings. The average molecular weight is 314 g/mol. The number of nitrogens with two attached hydrogens (primary N) is 1. The number of hydrogen-bond acceptors (Lipinski definition) is 4. The highest BCUT2D eigenvalue weighted by Gasteiger charge is 2.58. The predicted molar refractivity (Wildman–Crippen MR) is 81.3 cm³/mol. The van der Waals surface area contributed by atoms with Gasteiger partial charge in [-0.1, -0.05) is 30.3 Å². The Labute approximate surface area is 133 Å². The lowest BCUT2D eigenvalue weighted by molar-refractivity contribution is -0.130. The molecule has 1 saturated carbocycles. The summed E-state index contributed by atoms with van der Waals surface area (Å²) in [5.74, 6) is -0.622. The van der Waals surface area contributed by atoms with Crippen molar-refractivity contribution in [2.75, 3.05) is 13.1 Å². The molecule has 3 N–H and O–H groups in total. The van der Waals surface area contributed by atoms with E-state index in [4.69, 9.17) is 5.73 Å². The molecule has 0 spiro atoms. The molecule has 2 aliphatic heterocycles. The van der Waals surface area contributed by atoms with Crippen molar-refractivity contribution in [2.24, 2.45) is 5.73 Å². The topological polar surface area (TPSA) is 95.7 Å². The Morgan fingerprint density at radius 2 is 1.91 bits per heavy atom. The van der Waals surface area contributed by atoms with Crippen molar-refractivity contribution in [2.45, 2.75) is 30.5 Å². The molecule has 4 unspecified atom stereocenters. The Kier molecular flexibility index (Phi) is 3.12. The predicted octanol–water partition coefficient (Wildman–Crippen LogP) is -0.368. The Morgan fingerprint density at radius 3 is 2.61 bits per heavy atom. The Bertz CT molecular complexity index is 677. The summed E-state index contributed by atoms with van der Waals surface area (Å²) in [6.45, 7) is 0.666. The Hall–Kier alpha value is -2.41. The highest BCUT2D eigenvalue weighted by atomic mass is 16.2. The van der Waals surface area contributed by atoms with E-state index in [1.54, 1.807) is 0 Å². The number of urea groups is 1. The van der Waals surface area contributed by atoms with Crippen LogP contribution in [0.5, 0.6) is 0 Å². The molecule has 7 nitrogen and oxygen atoms in total. The van der Waals surface area contributed by atoms with Gasteiger partial charge in [-0.15, -0.1) is 0 Å². The van der Waals surface area contributed by atoms with Gasteiger partial charge in [0.05, 0.1) is 0 Å². The van der Waals surface area contributed by atoms with Crippen molar-refractivity contribution in [3.63, 3.8) is 0 Å². The van der Waals surface area contributed by atoms with Gasteiger partial charge in [-0.3, -0.25) is 19.4 Å². The van der Waals surface area contributed by atoms with Crippen molar-refractivity contribution in [3.05, 3.63) is 35.9 Å². The summed E-state index contributed by atoms with van der Waals surface area (Å²) in [4.78, 5) is 39.7. The number of amides is 4. The number of hydrogen-bond donors (Lipinski definition) is 2. The van der Waals surface area contributed by atoms with Crippen LogP contribution in [0.1, 0.15) is 17.9 Å². The number of carbonyl (C=O) groups is 3. The quantitative estimate of drug-likeness (QED) is 0.744. The maximum absolute atomic E-state index is 12.7. The Balaban J connectivity index is 1.58. The third-order valence-electron chi connectivity index (χ3n) is 4.94. The number of fused-ring (bicyclic) bond motifs is 1. The molecule has 4 amide bonds. The van der Waals surface area contributed by atoms with Crippen LogP contribution in [-0.4, -0.2) is 58.9 Å². The Morgan fingerprint density at radius 1 is 1.17 bits per heavy atom. The van der Waals surface area contributed by atoms with Crippen molar-refractivity contribution >= 4 is 17.8 Å². The van der Waals surface area contributed by atoms with Crippen LogP contribution < -0.4 is 11.1 Å². The molecule has 0 bridgehead atoms. The van der Waals surface area contributed by atoms with Gasteiger partial charge < -0.3 is 11.1 Å². The molecule has 3 aliphatic rings. The minimum absolute atomic E-state index is 0.114. The molecule has 1 aromatic carbocycles. The first kappa shape index (κ1) is 14.2. The summed E-state index contributed by atoms with van der Waals surface area (Å²) in [6.07, 6.45) is 0.775. The number of imide groups is 1. The molecule has 0 radical (unpaired) electrons. The third kappa shape index (κ3) is 2.11. The third-order valence-corrected chi connectivity index (χ3v) is 4.94. The first-order chi connectivity index (χ1) is 11.1. The molecule has 0 aromatic heterocycles. The summed E-state index contributed by atoms with van der Waals surface area (Å²) in [6, 6.07) is 7.99. The largest absolute Gasteiger partial charge is 0.368 e. The molecular weight excluding hydrogens is 296 g/mol. The average Bonchev–Trinajstić information content (AvgIpc) is 3.30. The second-order valence-electron chi connectivity index (χ2n) is 6.31. The van der Waals surface area contributed by atoms with Gasteiger partial charge in [0, 0.05) is 25.0 Å². The van der Waals surface area contributed by atoms with Gasteiger partial charge in [0.2, 0.25) is 5.91 Å².